The summed E-state index contributed by atoms with van der Waals surface area (Å²) in [6, 6.07) is 5.82. The molecule has 104 valence electrons. The highest BCUT2D eigenvalue weighted by atomic mass is 32.2. The van der Waals surface area contributed by atoms with Gasteiger partial charge in [0.15, 0.2) is 16.6 Å². The van der Waals surface area contributed by atoms with Crippen LogP contribution in [-0.4, -0.2) is 32.7 Å². The summed E-state index contributed by atoms with van der Waals surface area (Å²) in [7, 11) is 1.60. The van der Waals surface area contributed by atoms with Crippen LogP contribution in [-0.2, 0) is 0 Å². The van der Waals surface area contributed by atoms with Crippen molar-refractivity contribution in [2.75, 3.05) is 13.4 Å². The molecule has 0 N–H and O–H groups in total. The van der Waals surface area contributed by atoms with E-state index in [0.717, 1.165) is 5.69 Å². The maximum Gasteiger partial charge on any atom is 0.187 e. The van der Waals surface area contributed by atoms with Gasteiger partial charge in [-0.25, -0.2) is 15.0 Å². The number of nitriles is 1. The number of hydrogen-bond donors (Lipinski definition) is 0. The summed E-state index contributed by atoms with van der Waals surface area (Å²) in [4.78, 5) is 12.9. The molecule has 21 heavy (non-hydrogen) atoms. The molecule has 0 aliphatic carbocycles. The number of thioether (sulfide) groups is 1. The lowest BCUT2D eigenvalue weighted by atomic mass is 10.2. The largest absolute Gasteiger partial charge is 0.493 e. The molecule has 3 aromatic heterocycles. The Bertz CT molecular complexity index is 852. The fourth-order valence-electron chi connectivity index (χ4n) is 2.06. The van der Waals surface area contributed by atoms with E-state index in [2.05, 4.69) is 21.0 Å². The minimum atomic E-state index is 0.414. The first kappa shape index (κ1) is 13.4. The van der Waals surface area contributed by atoms with Crippen molar-refractivity contribution in [2.24, 2.45) is 0 Å². The van der Waals surface area contributed by atoms with Crippen molar-refractivity contribution < 1.29 is 4.74 Å². The van der Waals surface area contributed by atoms with Gasteiger partial charge in [0, 0.05) is 12.4 Å². The van der Waals surface area contributed by atoms with Gasteiger partial charge in [-0.2, -0.15) is 5.26 Å². The number of aromatic nitrogens is 4. The van der Waals surface area contributed by atoms with E-state index in [1.54, 1.807) is 13.3 Å². The molecule has 6 nitrogen and oxygen atoms in total. The van der Waals surface area contributed by atoms with Gasteiger partial charge in [-0.05, 0) is 18.4 Å². The second-order valence-corrected chi connectivity index (χ2v) is 4.92. The number of nitrogens with zero attached hydrogens (tertiary/aromatic N) is 5. The normalized spacial score (nSPS) is 10.5. The first-order valence-corrected chi connectivity index (χ1v) is 7.32. The average molecular weight is 297 g/mol. The first-order chi connectivity index (χ1) is 10.3. The third-order valence-electron chi connectivity index (χ3n) is 3.03. The zero-order valence-corrected chi connectivity index (χ0v) is 12.3. The van der Waals surface area contributed by atoms with Crippen LogP contribution >= 0.6 is 11.8 Å². The van der Waals surface area contributed by atoms with Crippen molar-refractivity contribution in [3.63, 3.8) is 0 Å². The molecule has 0 unspecified atom stereocenters. The number of imidazole rings is 1. The smallest absolute Gasteiger partial charge is 0.187 e. The third-order valence-corrected chi connectivity index (χ3v) is 3.59. The molecule has 0 saturated heterocycles. The van der Waals surface area contributed by atoms with E-state index in [0.29, 0.717) is 27.8 Å². The Hall–Kier alpha value is -2.59. The van der Waals surface area contributed by atoms with Crippen LogP contribution in [0.5, 0.6) is 5.75 Å². The van der Waals surface area contributed by atoms with Crippen LogP contribution in [0.2, 0.25) is 0 Å². The highest BCUT2D eigenvalue weighted by Gasteiger charge is 2.15. The predicted molar refractivity (Wildman–Crippen MR) is 79.3 cm³/mol. The summed E-state index contributed by atoms with van der Waals surface area (Å²) in [5.74, 6) is 0.668. The minimum absolute atomic E-state index is 0.414. The Labute approximate surface area is 125 Å². The maximum absolute atomic E-state index is 9.26. The zero-order chi connectivity index (χ0) is 14.8. The van der Waals surface area contributed by atoms with Gasteiger partial charge in [-0.1, -0.05) is 11.8 Å². The molecule has 0 bridgehead atoms. The van der Waals surface area contributed by atoms with Crippen LogP contribution in [0.25, 0.3) is 17.0 Å². The Morgan fingerprint density at radius 1 is 1.33 bits per heavy atom. The van der Waals surface area contributed by atoms with Gasteiger partial charge in [0.25, 0.3) is 0 Å². The van der Waals surface area contributed by atoms with Crippen molar-refractivity contribution in [3.05, 3.63) is 36.3 Å². The van der Waals surface area contributed by atoms with Crippen molar-refractivity contribution in [1.82, 2.24) is 19.4 Å². The standard InChI is InChI=1S/C14H11N5OS/c1-20-11-4-3-5-19-10(8-16-13(11)19)12-9(6-15)7-17-14(18-12)21-2/h3-5,7-8H,1-2H3. The molecule has 0 spiro atoms. The molecule has 0 fully saturated rings. The van der Waals surface area contributed by atoms with E-state index < -0.39 is 0 Å². The highest BCUT2D eigenvalue weighted by Crippen LogP contribution is 2.27. The molecular formula is C14H11N5OS. The molecular weight excluding hydrogens is 286 g/mol. The monoisotopic (exact) mass is 297 g/mol. The van der Waals surface area contributed by atoms with Gasteiger partial charge in [-0.15, -0.1) is 0 Å². The summed E-state index contributed by atoms with van der Waals surface area (Å²) in [5, 5.41) is 9.88. The summed E-state index contributed by atoms with van der Waals surface area (Å²) >= 11 is 1.43. The van der Waals surface area contributed by atoms with E-state index >= 15 is 0 Å². The molecule has 0 aromatic carbocycles. The summed E-state index contributed by atoms with van der Waals surface area (Å²) in [5.41, 5.74) is 2.40. The second kappa shape index (κ2) is 5.42. The molecule has 7 heteroatoms. The lowest BCUT2D eigenvalue weighted by Gasteiger charge is -2.06. The number of fused-ring (bicyclic) bond motifs is 1. The van der Waals surface area contributed by atoms with Gasteiger partial charge in [0.05, 0.1) is 24.6 Å². The molecule has 0 amide bonds. The van der Waals surface area contributed by atoms with Crippen molar-refractivity contribution in [2.45, 2.75) is 5.16 Å². The lowest BCUT2D eigenvalue weighted by Crippen LogP contribution is -1.98. The van der Waals surface area contributed by atoms with Gasteiger partial charge in [0.1, 0.15) is 11.8 Å². The number of rotatable bonds is 3. The molecule has 0 aliphatic rings. The van der Waals surface area contributed by atoms with E-state index in [1.807, 2.05) is 29.0 Å². The molecule has 0 atom stereocenters. The topological polar surface area (TPSA) is 76.1 Å². The molecule has 0 radical (unpaired) electrons. The predicted octanol–water partition coefficient (Wildman–Crippen LogP) is 2.39. The Morgan fingerprint density at radius 3 is 2.90 bits per heavy atom. The SMILES string of the molecule is COc1cccn2c(-c3nc(SC)ncc3C#N)cnc12. The van der Waals surface area contributed by atoms with Gasteiger partial charge >= 0.3 is 0 Å². The van der Waals surface area contributed by atoms with Crippen molar-refractivity contribution in [1.29, 1.82) is 5.26 Å². The first-order valence-electron chi connectivity index (χ1n) is 6.10. The molecule has 3 rings (SSSR count). The van der Waals surface area contributed by atoms with E-state index in [1.165, 1.54) is 18.0 Å². The maximum atomic E-state index is 9.26. The van der Waals surface area contributed by atoms with Crippen LogP contribution < -0.4 is 4.74 Å². The van der Waals surface area contributed by atoms with Crippen LogP contribution in [0.3, 0.4) is 0 Å². The molecule has 0 aliphatic heterocycles. The third kappa shape index (κ3) is 2.19. The average Bonchev–Trinajstić information content (AvgIpc) is 2.98. The van der Waals surface area contributed by atoms with E-state index in [-0.39, 0.29) is 0 Å². The van der Waals surface area contributed by atoms with E-state index in [9.17, 15) is 5.26 Å². The van der Waals surface area contributed by atoms with Crippen LogP contribution in [0.15, 0.2) is 35.9 Å². The molecule has 3 heterocycles. The van der Waals surface area contributed by atoms with Crippen molar-refractivity contribution in [3.8, 4) is 23.2 Å². The quantitative estimate of drug-likeness (QED) is 0.546. The molecule has 3 aromatic rings. The summed E-state index contributed by atoms with van der Waals surface area (Å²) in [6.45, 7) is 0. The number of pyridine rings is 1. The fraction of sp³-hybridized carbons (Fsp3) is 0.143. The Morgan fingerprint density at radius 2 is 2.19 bits per heavy atom. The highest BCUT2D eigenvalue weighted by molar-refractivity contribution is 7.98. The van der Waals surface area contributed by atoms with Gasteiger partial charge < -0.3 is 4.74 Å². The van der Waals surface area contributed by atoms with Gasteiger partial charge in [0.2, 0.25) is 0 Å². The fourth-order valence-corrected chi connectivity index (χ4v) is 2.40. The lowest BCUT2D eigenvalue weighted by molar-refractivity contribution is 0.417. The Kier molecular flexibility index (Phi) is 3.46. The zero-order valence-electron chi connectivity index (χ0n) is 11.4. The number of methoxy groups -OCH3 is 1. The minimum Gasteiger partial charge on any atom is -0.493 e. The van der Waals surface area contributed by atoms with Crippen molar-refractivity contribution >= 4 is 17.4 Å². The van der Waals surface area contributed by atoms with E-state index in [4.69, 9.17) is 4.74 Å². The van der Waals surface area contributed by atoms with Gasteiger partial charge in [-0.3, -0.25) is 4.40 Å². The number of ether oxygens (including phenoxy) is 1. The summed E-state index contributed by atoms with van der Waals surface area (Å²) in [6.07, 6.45) is 6.98. The van der Waals surface area contributed by atoms with Crippen LogP contribution in [0, 0.1) is 11.3 Å². The van der Waals surface area contributed by atoms with Crippen LogP contribution in [0.4, 0.5) is 0 Å². The summed E-state index contributed by atoms with van der Waals surface area (Å²) < 4.78 is 7.15. The number of hydrogen-bond acceptors (Lipinski definition) is 6. The van der Waals surface area contributed by atoms with Crippen LogP contribution in [0.1, 0.15) is 5.56 Å². The second-order valence-electron chi connectivity index (χ2n) is 4.14. The molecule has 0 saturated carbocycles. The Balaban J connectivity index is 2.28.